The van der Waals surface area contributed by atoms with Crippen molar-refractivity contribution in [2.24, 2.45) is 0 Å². The van der Waals surface area contributed by atoms with Crippen LogP contribution in [0.1, 0.15) is 0 Å². The Labute approximate surface area is 203 Å². The van der Waals surface area contributed by atoms with Gasteiger partial charge in [-0.2, -0.15) is 0 Å². The van der Waals surface area contributed by atoms with Gasteiger partial charge in [-0.15, -0.1) is 0 Å². The number of hydrogen-bond donors (Lipinski definition) is 0. The third-order valence-corrected chi connectivity index (χ3v) is 4.85. The van der Waals surface area contributed by atoms with Crippen LogP contribution in [-0.2, 0) is 20.7 Å². The maximum absolute atomic E-state index is 4.96. The molecule has 2 aromatic heterocycles. The fourth-order valence-electron chi connectivity index (χ4n) is 3.11. The fourth-order valence-corrected chi connectivity index (χ4v) is 3.46. The molecule has 4 aromatic rings. The second-order valence-corrected chi connectivity index (χ2v) is 17.3. The average molecular weight is 712 g/mol. The predicted octanol–water partition coefficient (Wildman–Crippen LogP) is 7.09. The van der Waals surface area contributed by atoms with E-state index in [0.717, 1.165) is 50.9 Å². The Kier molecular flexibility index (Phi) is 10.1. The van der Waals surface area contributed by atoms with E-state index in [1.165, 1.54) is 0 Å². The first-order chi connectivity index (χ1) is 13.9. The van der Waals surface area contributed by atoms with Crippen molar-refractivity contribution in [2.45, 2.75) is 6.54 Å². The Bertz CT molecular complexity index is 1110. The molecule has 0 saturated heterocycles. The molecule has 2 heterocycles. The summed E-state index contributed by atoms with van der Waals surface area (Å²) in [6.07, 6.45) is 1.84. The zero-order valence-electron chi connectivity index (χ0n) is 16.7. The van der Waals surface area contributed by atoms with Gasteiger partial charge in [-0.25, -0.2) is 4.98 Å². The summed E-state index contributed by atoms with van der Waals surface area (Å²) in [5.74, 6) is 0.972. The molecule has 30 heavy (non-hydrogen) atoms. The van der Waals surface area contributed by atoms with E-state index < -0.39 is 14.2 Å². The van der Waals surface area contributed by atoms with Crippen LogP contribution in [0.3, 0.4) is 0 Å². The van der Waals surface area contributed by atoms with Crippen molar-refractivity contribution < 1.29 is 14.2 Å². The van der Waals surface area contributed by atoms with E-state index in [1.54, 1.807) is 0 Å². The molecule has 0 N–H and O–H groups in total. The van der Waals surface area contributed by atoms with Gasteiger partial charge in [-0.3, -0.25) is 4.98 Å². The number of imidazole rings is 1. The summed E-state index contributed by atoms with van der Waals surface area (Å²) >= 11 is 1.74. The number of pyridine rings is 1. The molecule has 0 unspecified atom stereocenters. The molecule has 165 valence electrons. The molecule has 0 aliphatic rings. The van der Waals surface area contributed by atoms with Gasteiger partial charge in [0.15, 0.2) is 0 Å². The molecule has 0 aliphatic carbocycles. The number of hydrogen-bond acceptors (Lipinski definition) is 3. The minimum atomic E-state index is -1.85. The summed E-state index contributed by atoms with van der Waals surface area (Å²) in [5.41, 5.74) is 4.21. The number of fused-ring (bicyclic) bond motifs is 2. The molecular formula is C21H22BrCl3N4Pt-. The number of halogens is 4. The topological polar surface area (TPSA) is 34.0 Å². The predicted molar refractivity (Wildman–Crippen MR) is 131 cm³/mol. The van der Waals surface area contributed by atoms with Crippen LogP contribution in [0.25, 0.3) is 33.3 Å². The van der Waals surface area contributed by atoms with Gasteiger partial charge >= 0.3 is 42.4 Å². The molecule has 9 heteroatoms. The molecule has 4 nitrogen and oxygen atoms in total. The molecule has 0 aliphatic heterocycles. The third-order valence-electron chi connectivity index (χ3n) is 4.35. The average Bonchev–Trinajstić information content (AvgIpc) is 3.03. The molecule has 0 amide bonds. The van der Waals surface area contributed by atoms with Crippen molar-refractivity contribution in [3.8, 4) is 11.4 Å². The van der Waals surface area contributed by atoms with Crippen molar-refractivity contribution in [1.82, 2.24) is 19.4 Å². The summed E-state index contributed by atoms with van der Waals surface area (Å²) in [6, 6.07) is 16.6. The number of rotatable bonds is 4. The zero-order chi connectivity index (χ0) is 21.0. The van der Waals surface area contributed by atoms with Crippen LogP contribution >= 0.6 is 44.2 Å². The van der Waals surface area contributed by atoms with Crippen molar-refractivity contribution in [2.75, 3.05) is 20.6 Å². The molecule has 0 fully saturated rings. The van der Waals surface area contributed by atoms with Crippen LogP contribution in [-0.4, -0.2) is 40.1 Å². The molecule has 0 bridgehead atoms. The van der Waals surface area contributed by atoms with Gasteiger partial charge in [0.25, 0.3) is 0 Å². The first kappa shape index (κ1) is 25.6. The quantitative estimate of drug-likeness (QED) is 0.212. The summed E-state index contributed by atoms with van der Waals surface area (Å²) in [5, 5.41) is 1.13. The monoisotopic (exact) mass is 709 g/mol. The molecule has 0 atom stereocenters. The third kappa shape index (κ3) is 6.41. The van der Waals surface area contributed by atoms with Crippen molar-refractivity contribution in [1.29, 1.82) is 0 Å². The molecule has 0 saturated carbocycles. The molecule has 2 aromatic carbocycles. The second kappa shape index (κ2) is 11.8. The first-order valence-corrected chi connectivity index (χ1v) is 17.9. The van der Waals surface area contributed by atoms with E-state index >= 15 is 0 Å². The van der Waals surface area contributed by atoms with E-state index in [9.17, 15) is 0 Å². The van der Waals surface area contributed by atoms with E-state index in [-0.39, 0.29) is 7.43 Å². The van der Waals surface area contributed by atoms with Gasteiger partial charge in [0.2, 0.25) is 0 Å². The minimum absolute atomic E-state index is 0. The van der Waals surface area contributed by atoms with E-state index in [0.29, 0.717) is 0 Å². The van der Waals surface area contributed by atoms with Crippen LogP contribution in [0.5, 0.6) is 0 Å². The van der Waals surface area contributed by atoms with Crippen molar-refractivity contribution in [3.05, 3.63) is 66.6 Å². The Morgan fingerprint density at radius 1 is 1.07 bits per heavy atom. The molecule has 0 radical (unpaired) electrons. The van der Waals surface area contributed by atoms with Gasteiger partial charge in [0, 0.05) is 34.7 Å². The number of benzene rings is 2. The zero-order valence-corrected chi connectivity index (χ0v) is 22.9. The summed E-state index contributed by atoms with van der Waals surface area (Å²) in [7, 11) is 19.1. The van der Waals surface area contributed by atoms with Crippen LogP contribution in [0.2, 0.25) is 0 Å². The van der Waals surface area contributed by atoms with Gasteiger partial charge < -0.3 is 16.9 Å². The number of para-hydroxylation sites is 1. The van der Waals surface area contributed by atoms with Gasteiger partial charge in [0.05, 0.1) is 16.6 Å². The van der Waals surface area contributed by atoms with Crippen LogP contribution < -0.4 is 0 Å². The normalized spacial score (nSPS) is 11.2. The number of nitrogens with zero attached hydrogens (tertiary/aromatic N) is 4. The van der Waals surface area contributed by atoms with E-state index in [2.05, 4.69) is 80.9 Å². The van der Waals surface area contributed by atoms with Gasteiger partial charge in [-0.05, 0) is 44.4 Å². The van der Waals surface area contributed by atoms with Crippen LogP contribution in [0, 0.1) is 7.43 Å². The summed E-state index contributed by atoms with van der Waals surface area (Å²) in [4.78, 5) is 11.7. The molecule has 4 rings (SSSR count). The van der Waals surface area contributed by atoms with Crippen molar-refractivity contribution >= 4 is 66.1 Å². The first-order valence-electron chi connectivity index (χ1n) is 8.64. The van der Waals surface area contributed by atoms with E-state index in [1.807, 2.05) is 18.3 Å². The van der Waals surface area contributed by atoms with Gasteiger partial charge in [-0.1, -0.05) is 34.1 Å². The Morgan fingerprint density at radius 3 is 2.47 bits per heavy atom. The fraction of sp³-hybridized carbons (Fsp3) is 0.190. The van der Waals surface area contributed by atoms with Crippen LogP contribution in [0.15, 0.2) is 59.2 Å². The van der Waals surface area contributed by atoms with Crippen LogP contribution in [0.4, 0.5) is 0 Å². The summed E-state index contributed by atoms with van der Waals surface area (Å²) < 4.78 is 3.36. The molecular weight excluding hydrogens is 690 g/mol. The van der Waals surface area contributed by atoms with Gasteiger partial charge in [0.1, 0.15) is 5.82 Å². The standard InChI is InChI=1S/C20H19BrN4.CH3.3ClH.Pt/c1-24(2)11-12-25-18-13-15(21)8-9-17(18)23-20(25)16-7-3-5-14-6-4-10-22-19(14)16;;;;;/h3-10,13H,11-12H2,1-2H3;1H3;3*1H;/q;-1;;;;+3/p-3. The van der Waals surface area contributed by atoms with E-state index in [4.69, 9.17) is 33.2 Å². The number of aromatic nitrogens is 3. The summed E-state index contributed by atoms with van der Waals surface area (Å²) in [6.45, 7) is 1.82. The molecule has 0 spiro atoms. The Balaban J connectivity index is 0.000000591. The number of likely N-dealkylation sites (N-methyl/N-ethyl adjacent to an activating group) is 1. The second-order valence-electron chi connectivity index (χ2n) is 6.54. The Morgan fingerprint density at radius 2 is 1.77 bits per heavy atom. The Hall–Kier alpha value is -0.682. The SMILES string of the molecule is CN(C)CCn1c(-c2cccc3cccnc23)nc2ccc(Br)cc21.[CH3-].[Cl][Pt]([Cl])[Cl]. The maximum atomic E-state index is 4.96. The van der Waals surface area contributed by atoms with Crippen molar-refractivity contribution in [3.63, 3.8) is 0 Å².